The van der Waals surface area contributed by atoms with Crippen LogP contribution >= 0.6 is 11.3 Å². The molecule has 0 bridgehead atoms. The number of methoxy groups -OCH3 is 1. The highest BCUT2D eigenvalue weighted by Crippen LogP contribution is 2.22. The predicted octanol–water partition coefficient (Wildman–Crippen LogP) is 1.91. The Hall–Kier alpha value is -1.50. The van der Waals surface area contributed by atoms with Crippen LogP contribution < -0.4 is 10.2 Å². The molecule has 0 aromatic carbocycles. The first-order chi connectivity index (χ1) is 9.79. The van der Waals surface area contributed by atoms with Gasteiger partial charge in [0.15, 0.2) is 5.13 Å². The summed E-state index contributed by atoms with van der Waals surface area (Å²) in [6.45, 7) is 3.26. The Morgan fingerprint density at radius 2 is 2.15 bits per heavy atom. The third kappa shape index (κ3) is 4.56. The van der Waals surface area contributed by atoms with Crippen LogP contribution in [-0.4, -0.2) is 37.3 Å². The van der Waals surface area contributed by atoms with Gasteiger partial charge in [-0.3, -0.25) is 4.98 Å². The van der Waals surface area contributed by atoms with Gasteiger partial charge in [-0.05, 0) is 17.7 Å². The lowest BCUT2D eigenvalue weighted by molar-refractivity contribution is 0.199. The molecule has 0 aliphatic carbocycles. The second-order valence-electron chi connectivity index (χ2n) is 4.49. The van der Waals surface area contributed by atoms with Crippen LogP contribution in [0.5, 0.6) is 0 Å². The Morgan fingerprint density at radius 3 is 2.90 bits per heavy atom. The summed E-state index contributed by atoms with van der Waals surface area (Å²) in [7, 11) is 3.77. The predicted molar refractivity (Wildman–Crippen MR) is 82.0 cm³/mol. The molecule has 0 saturated heterocycles. The van der Waals surface area contributed by atoms with Gasteiger partial charge in [0.25, 0.3) is 0 Å². The van der Waals surface area contributed by atoms with Crippen molar-refractivity contribution in [2.24, 2.45) is 0 Å². The second-order valence-corrected chi connectivity index (χ2v) is 5.58. The first kappa shape index (κ1) is 14.9. The Bertz CT molecular complexity index is 503. The fourth-order valence-corrected chi connectivity index (χ4v) is 2.61. The average Bonchev–Trinajstić information content (AvgIpc) is 2.94. The molecule has 0 unspecified atom stereocenters. The van der Waals surface area contributed by atoms with Crippen LogP contribution in [-0.2, 0) is 17.8 Å². The van der Waals surface area contributed by atoms with E-state index in [9.17, 15) is 0 Å². The monoisotopic (exact) mass is 292 g/mol. The van der Waals surface area contributed by atoms with Gasteiger partial charge in [-0.2, -0.15) is 0 Å². The number of rotatable bonds is 8. The summed E-state index contributed by atoms with van der Waals surface area (Å²) in [4.78, 5) is 11.9. The second kappa shape index (κ2) is 7.94. The maximum Gasteiger partial charge on any atom is 0.185 e. The van der Waals surface area contributed by atoms with E-state index in [1.165, 1.54) is 10.4 Å². The summed E-state index contributed by atoms with van der Waals surface area (Å²) in [5, 5.41) is 4.36. The molecule has 0 aliphatic heterocycles. The SMILES string of the molecule is COCCNCc1cnc(N(C)Cc2ccncc2)s1. The Kier molecular flexibility index (Phi) is 5.91. The number of anilines is 1. The first-order valence-electron chi connectivity index (χ1n) is 6.54. The number of aromatic nitrogens is 2. The Balaban J connectivity index is 1.84. The molecule has 0 aliphatic rings. The normalized spacial score (nSPS) is 10.7. The molecule has 1 N–H and O–H groups in total. The van der Waals surface area contributed by atoms with Gasteiger partial charge >= 0.3 is 0 Å². The van der Waals surface area contributed by atoms with E-state index in [0.717, 1.165) is 31.4 Å². The highest BCUT2D eigenvalue weighted by Gasteiger charge is 2.07. The summed E-state index contributed by atoms with van der Waals surface area (Å²) in [6.07, 6.45) is 5.56. The van der Waals surface area contributed by atoms with Crippen molar-refractivity contribution in [1.29, 1.82) is 0 Å². The van der Waals surface area contributed by atoms with E-state index < -0.39 is 0 Å². The van der Waals surface area contributed by atoms with Gasteiger partial charge in [0.1, 0.15) is 0 Å². The van der Waals surface area contributed by atoms with Crippen molar-refractivity contribution in [2.75, 3.05) is 32.2 Å². The van der Waals surface area contributed by atoms with Crippen LogP contribution in [0, 0.1) is 0 Å². The molecule has 0 spiro atoms. The lowest BCUT2D eigenvalue weighted by Crippen LogP contribution is -2.17. The largest absolute Gasteiger partial charge is 0.383 e. The highest BCUT2D eigenvalue weighted by molar-refractivity contribution is 7.15. The van der Waals surface area contributed by atoms with Gasteiger partial charge in [0, 0.05) is 57.3 Å². The number of ether oxygens (including phenoxy) is 1. The summed E-state index contributed by atoms with van der Waals surface area (Å²) in [5.41, 5.74) is 1.23. The van der Waals surface area contributed by atoms with Crippen molar-refractivity contribution in [3.8, 4) is 0 Å². The van der Waals surface area contributed by atoms with Gasteiger partial charge in [0.2, 0.25) is 0 Å². The number of hydrogen-bond acceptors (Lipinski definition) is 6. The van der Waals surface area contributed by atoms with Crippen molar-refractivity contribution in [1.82, 2.24) is 15.3 Å². The summed E-state index contributed by atoms with van der Waals surface area (Å²) >= 11 is 1.71. The lowest BCUT2D eigenvalue weighted by atomic mass is 10.2. The molecular weight excluding hydrogens is 272 g/mol. The third-order valence-electron chi connectivity index (χ3n) is 2.82. The average molecular weight is 292 g/mol. The molecule has 20 heavy (non-hydrogen) atoms. The maximum absolute atomic E-state index is 5.00. The van der Waals surface area contributed by atoms with Crippen molar-refractivity contribution >= 4 is 16.5 Å². The number of nitrogens with zero attached hydrogens (tertiary/aromatic N) is 3. The molecule has 0 saturated carbocycles. The summed E-state index contributed by atoms with van der Waals surface area (Å²) in [5.74, 6) is 0. The molecule has 2 rings (SSSR count). The third-order valence-corrected chi connectivity index (χ3v) is 3.93. The fourth-order valence-electron chi connectivity index (χ4n) is 1.77. The summed E-state index contributed by atoms with van der Waals surface area (Å²) < 4.78 is 5.00. The zero-order valence-corrected chi connectivity index (χ0v) is 12.7. The number of pyridine rings is 1. The van der Waals surface area contributed by atoms with E-state index in [-0.39, 0.29) is 0 Å². The highest BCUT2D eigenvalue weighted by atomic mass is 32.1. The quantitative estimate of drug-likeness (QED) is 0.753. The van der Waals surface area contributed by atoms with Crippen molar-refractivity contribution in [2.45, 2.75) is 13.1 Å². The molecular formula is C14H20N4OS. The van der Waals surface area contributed by atoms with Crippen LogP contribution in [0.4, 0.5) is 5.13 Å². The van der Waals surface area contributed by atoms with Crippen molar-refractivity contribution in [3.05, 3.63) is 41.2 Å². The molecule has 108 valence electrons. The van der Waals surface area contributed by atoms with Gasteiger partial charge in [-0.15, -0.1) is 11.3 Å². The van der Waals surface area contributed by atoms with Crippen LogP contribution in [0.25, 0.3) is 0 Å². The van der Waals surface area contributed by atoms with E-state index in [1.54, 1.807) is 18.4 Å². The number of nitrogens with one attached hydrogen (secondary N) is 1. The van der Waals surface area contributed by atoms with Gasteiger partial charge in [-0.1, -0.05) is 0 Å². The van der Waals surface area contributed by atoms with E-state index >= 15 is 0 Å². The lowest BCUT2D eigenvalue weighted by Gasteiger charge is -2.15. The molecule has 0 radical (unpaired) electrons. The van der Waals surface area contributed by atoms with Crippen LogP contribution in [0.15, 0.2) is 30.7 Å². The zero-order valence-electron chi connectivity index (χ0n) is 11.9. The van der Waals surface area contributed by atoms with Crippen LogP contribution in [0.3, 0.4) is 0 Å². The molecule has 6 heteroatoms. The molecule has 0 atom stereocenters. The minimum Gasteiger partial charge on any atom is -0.383 e. The standard InChI is InChI=1S/C14H20N4OS/c1-18(11-12-3-5-15-6-4-12)14-17-10-13(20-14)9-16-7-8-19-2/h3-6,10,16H,7-9,11H2,1-2H3. The first-order valence-corrected chi connectivity index (χ1v) is 7.35. The number of hydrogen-bond donors (Lipinski definition) is 1. The van der Waals surface area contributed by atoms with Crippen LogP contribution in [0.1, 0.15) is 10.4 Å². The van der Waals surface area contributed by atoms with E-state index in [2.05, 4.69) is 27.2 Å². The van der Waals surface area contributed by atoms with Gasteiger partial charge < -0.3 is 15.0 Å². The molecule has 2 aromatic rings. The van der Waals surface area contributed by atoms with E-state index in [0.29, 0.717) is 0 Å². The van der Waals surface area contributed by atoms with Crippen molar-refractivity contribution in [3.63, 3.8) is 0 Å². The van der Waals surface area contributed by atoms with Crippen molar-refractivity contribution < 1.29 is 4.74 Å². The Labute approximate surface area is 123 Å². The van der Waals surface area contributed by atoms with Gasteiger partial charge in [-0.25, -0.2) is 4.98 Å². The van der Waals surface area contributed by atoms with E-state index in [4.69, 9.17) is 4.74 Å². The molecule has 0 fully saturated rings. The topological polar surface area (TPSA) is 50.3 Å². The fraction of sp³-hybridized carbons (Fsp3) is 0.429. The molecule has 2 heterocycles. The summed E-state index contributed by atoms with van der Waals surface area (Å²) in [6, 6.07) is 4.05. The minimum absolute atomic E-state index is 0.730. The maximum atomic E-state index is 5.00. The van der Waals surface area contributed by atoms with Gasteiger partial charge in [0.05, 0.1) is 6.61 Å². The zero-order chi connectivity index (χ0) is 14.2. The molecule has 2 aromatic heterocycles. The molecule has 5 nitrogen and oxygen atoms in total. The smallest absolute Gasteiger partial charge is 0.185 e. The van der Waals surface area contributed by atoms with E-state index in [1.807, 2.05) is 30.7 Å². The number of thiazole rings is 1. The Morgan fingerprint density at radius 1 is 1.35 bits per heavy atom. The molecule has 0 amide bonds. The minimum atomic E-state index is 0.730. The van der Waals surface area contributed by atoms with Crippen LogP contribution in [0.2, 0.25) is 0 Å².